The molecule has 0 fully saturated rings. The standard InChI is InChI=1S/C22H26F7NO3/c1-4-5-18(23)17(9-20(2,3)10-19(32)33)16-7-6-15(22(27,28)29)8-14(16)11-30(13-31)12-21(24,25)26/h5-9,13,19,32-33H,4,10-12H2,1-3H3/b17-9-,18-5+. The van der Waals surface area contributed by atoms with E-state index in [9.17, 15) is 41.4 Å². The number of nitrogens with zero attached hydrogens (tertiary/aromatic N) is 1. The minimum absolute atomic E-state index is 0.148. The number of carbonyl (C=O) groups is 1. The van der Waals surface area contributed by atoms with Crippen molar-refractivity contribution < 1.29 is 45.7 Å². The summed E-state index contributed by atoms with van der Waals surface area (Å²) in [4.78, 5) is 11.4. The predicted molar refractivity (Wildman–Crippen MR) is 108 cm³/mol. The van der Waals surface area contributed by atoms with Crippen LogP contribution in [0.2, 0.25) is 0 Å². The maximum Gasteiger partial charge on any atom is 0.416 e. The quantitative estimate of drug-likeness (QED) is 0.196. The van der Waals surface area contributed by atoms with Gasteiger partial charge in [0, 0.05) is 18.5 Å². The highest BCUT2D eigenvalue weighted by Crippen LogP contribution is 2.38. The molecule has 11 heteroatoms. The molecular weight excluding hydrogens is 459 g/mol. The topological polar surface area (TPSA) is 60.8 Å². The molecule has 0 atom stereocenters. The van der Waals surface area contributed by atoms with Gasteiger partial charge >= 0.3 is 12.4 Å². The molecule has 0 aliphatic rings. The molecule has 0 spiro atoms. The molecule has 1 amide bonds. The normalized spacial score (nSPS) is 14.1. The van der Waals surface area contributed by atoms with E-state index in [4.69, 9.17) is 0 Å². The maximum absolute atomic E-state index is 15.0. The van der Waals surface area contributed by atoms with Crippen LogP contribution < -0.4 is 0 Å². The molecule has 0 heterocycles. The van der Waals surface area contributed by atoms with Crippen molar-refractivity contribution in [3.63, 3.8) is 0 Å². The minimum atomic E-state index is -4.83. The minimum Gasteiger partial charge on any atom is -0.368 e. The van der Waals surface area contributed by atoms with Gasteiger partial charge in [0.25, 0.3) is 0 Å². The number of aliphatic hydroxyl groups is 2. The summed E-state index contributed by atoms with van der Waals surface area (Å²) < 4.78 is 93.2. The first-order chi connectivity index (χ1) is 15.0. The highest BCUT2D eigenvalue weighted by molar-refractivity contribution is 5.79. The maximum atomic E-state index is 15.0. The Morgan fingerprint density at radius 2 is 1.73 bits per heavy atom. The molecular formula is C22H26F7NO3. The van der Waals surface area contributed by atoms with E-state index in [-0.39, 0.29) is 40.9 Å². The molecule has 0 saturated carbocycles. The second-order valence-corrected chi connectivity index (χ2v) is 8.19. The number of allylic oxidation sites excluding steroid dienone is 4. The highest BCUT2D eigenvalue weighted by Gasteiger charge is 2.34. The van der Waals surface area contributed by atoms with Crippen LogP contribution in [0, 0.1) is 5.41 Å². The number of hydrogen-bond acceptors (Lipinski definition) is 3. The van der Waals surface area contributed by atoms with Gasteiger partial charge in [0.15, 0.2) is 6.29 Å². The van der Waals surface area contributed by atoms with Crippen molar-refractivity contribution in [2.75, 3.05) is 6.54 Å². The van der Waals surface area contributed by atoms with Gasteiger partial charge in [0.05, 0.1) is 5.56 Å². The van der Waals surface area contributed by atoms with Crippen LogP contribution in [-0.4, -0.2) is 40.5 Å². The van der Waals surface area contributed by atoms with Crippen LogP contribution >= 0.6 is 0 Å². The summed E-state index contributed by atoms with van der Waals surface area (Å²) in [7, 11) is 0. The number of amides is 1. The van der Waals surface area contributed by atoms with Gasteiger partial charge in [-0.1, -0.05) is 32.9 Å². The Morgan fingerprint density at radius 1 is 1.12 bits per heavy atom. The van der Waals surface area contributed by atoms with Gasteiger partial charge in [-0.15, -0.1) is 0 Å². The van der Waals surface area contributed by atoms with E-state index in [2.05, 4.69) is 0 Å². The zero-order chi connectivity index (χ0) is 25.6. The molecule has 1 aromatic carbocycles. The van der Waals surface area contributed by atoms with Gasteiger partial charge in [-0.3, -0.25) is 4.79 Å². The third kappa shape index (κ3) is 9.55. The van der Waals surface area contributed by atoms with E-state index in [1.165, 1.54) is 19.9 Å². The van der Waals surface area contributed by atoms with Crippen LogP contribution in [0.4, 0.5) is 30.7 Å². The van der Waals surface area contributed by atoms with E-state index >= 15 is 4.39 Å². The Hall–Kier alpha value is -2.40. The molecule has 0 aliphatic carbocycles. The average molecular weight is 485 g/mol. The number of carbonyl (C=O) groups excluding carboxylic acids is 1. The van der Waals surface area contributed by atoms with Crippen LogP contribution in [-0.2, 0) is 17.5 Å². The van der Waals surface area contributed by atoms with Crippen molar-refractivity contribution in [3.8, 4) is 0 Å². The number of aliphatic hydroxyl groups excluding tert-OH is 1. The highest BCUT2D eigenvalue weighted by atomic mass is 19.4. The van der Waals surface area contributed by atoms with Crippen molar-refractivity contribution in [3.05, 3.63) is 52.9 Å². The van der Waals surface area contributed by atoms with Gasteiger partial charge in [0.1, 0.15) is 12.4 Å². The summed E-state index contributed by atoms with van der Waals surface area (Å²) in [5.74, 6) is -0.854. The summed E-state index contributed by atoms with van der Waals surface area (Å²) >= 11 is 0. The van der Waals surface area contributed by atoms with Gasteiger partial charge < -0.3 is 15.1 Å². The van der Waals surface area contributed by atoms with E-state index < -0.39 is 48.5 Å². The Balaban J connectivity index is 3.75. The molecule has 0 radical (unpaired) electrons. The first kappa shape index (κ1) is 28.6. The van der Waals surface area contributed by atoms with Gasteiger partial charge in [-0.25, -0.2) is 4.39 Å². The van der Waals surface area contributed by atoms with Crippen LogP contribution in [0.1, 0.15) is 50.3 Å². The summed E-state index contributed by atoms with van der Waals surface area (Å²) in [5.41, 5.74) is -2.97. The third-order valence-corrected chi connectivity index (χ3v) is 4.51. The Labute approximate surface area is 187 Å². The Bertz CT molecular complexity index is 872. The third-order valence-electron chi connectivity index (χ3n) is 4.51. The van der Waals surface area contributed by atoms with E-state index in [1.807, 2.05) is 0 Å². The van der Waals surface area contributed by atoms with Gasteiger partial charge in [-0.2, -0.15) is 26.3 Å². The van der Waals surface area contributed by atoms with Crippen molar-refractivity contribution in [1.82, 2.24) is 4.90 Å². The summed E-state index contributed by atoms with van der Waals surface area (Å²) in [6.07, 6.45) is -9.18. The lowest BCUT2D eigenvalue weighted by Gasteiger charge is -2.25. The number of hydrogen-bond donors (Lipinski definition) is 2. The zero-order valence-corrected chi connectivity index (χ0v) is 18.3. The molecule has 1 aromatic rings. The number of alkyl halides is 6. The second kappa shape index (κ2) is 11.1. The molecule has 2 N–H and O–H groups in total. The molecule has 0 aliphatic heterocycles. The first-order valence-corrected chi connectivity index (χ1v) is 9.90. The lowest BCUT2D eigenvalue weighted by atomic mass is 9.83. The fraction of sp³-hybridized carbons (Fsp3) is 0.500. The number of halogens is 7. The fourth-order valence-electron chi connectivity index (χ4n) is 3.23. The van der Waals surface area contributed by atoms with Crippen molar-refractivity contribution in [2.45, 2.75) is 58.8 Å². The molecule has 0 saturated heterocycles. The van der Waals surface area contributed by atoms with E-state index in [1.54, 1.807) is 6.92 Å². The number of rotatable bonds is 10. The van der Waals surface area contributed by atoms with Crippen molar-refractivity contribution in [1.29, 1.82) is 0 Å². The molecule has 0 unspecified atom stereocenters. The van der Waals surface area contributed by atoms with Crippen molar-refractivity contribution >= 4 is 12.0 Å². The SMILES string of the molecule is CC/C=C(F)\C(=C/C(C)(C)CC(O)O)c1ccc(C(F)(F)F)cc1CN(C=O)CC(F)(F)F. The molecule has 0 bridgehead atoms. The predicted octanol–water partition coefficient (Wildman–Crippen LogP) is 5.60. The molecule has 33 heavy (non-hydrogen) atoms. The largest absolute Gasteiger partial charge is 0.416 e. The van der Waals surface area contributed by atoms with Gasteiger partial charge in [0.2, 0.25) is 6.41 Å². The lowest BCUT2D eigenvalue weighted by molar-refractivity contribution is -0.155. The summed E-state index contributed by atoms with van der Waals surface area (Å²) in [6, 6.07) is 2.16. The summed E-state index contributed by atoms with van der Waals surface area (Å²) in [5, 5.41) is 18.6. The Morgan fingerprint density at radius 3 is 2.18 bits per heavy atom. The monoisotopic (exact) mass is 485 g/mol. The molecule has 186 valence electrons. The van der Waals surface area contributed by atoms with Crippen LogP contribution in [0.15, 0.2) is 36.2 Å². The first-order valence-electron chi connectivity index (χ1n) is 9.90. The van der Waals surface area contributed by atoms with E-state index in [0.29, 0.717) is 12.1 Å². The average Bonchev–Trinajstić information content (AvgIpc) is 2.63. The Kier molecular flexibility index (Phi) is 9.67. The number of benzene rings is 1. The smallest absolute Gasteiger partial charge is 0.368 e. The van der Waals surface area contributed by atoms with Crippen LogP contribution in [0.5, 0.6) is 0 Å². The molecule has 4 nitrogen and oxygen atoms in total. The van der Waals surface area contributed by atoms with Crippen molar-refractivity contribution in [2.24, 2.45) is 5.41 Å². The van der Waals surface area contributed by atoms with Gasteiger partial charge in [-0.05, 0) is 41.2 Å². The second-order valence-electron chi connectivity index (χ2n) is 8.19. The van der Waals surface area contributed by atoms with Crippen LogP contribution in [0.25, 0.3) is 5.57 Å². The van der Waals surface area contributed by atoms with Crippen LogP contribution in [0.3, 0.4) is 0 Å². The molecule has 1 rings (SSSR count). The van der Waals surface area contributed by atoms with E-state index in [0.717, 1.165) is 12.1 Å². The lowest BCUT2D eigenvalue weighted by Crippen LogP contribution is -2.33. The fourth-order valence-corrected chi connectivity index (χ4v) is 3.23. The zero-order valence-electron chi connectivity index (χ0n) is 18.3. The molecule has 0 aromatic heterocycles. The summed E-state index contributed by atoms with van der Waals surface area (Å²) in [6.45, 7) is 2.08.